The highest BCUT2D eigenvalue weighted by molar-refractivity contribution is 5.77. The molecular formula is C24H24F4O4. The third kappa shape index (κ3) is 6.08. The molecule has 2 aromatic carbocycles. The number of hydrogen-bond donors (Lipinski definition) is 0. The molecule has 32 heavy (non-hydrogen) atoms. The minimum absolute atomic E-state index is 0.0933. The van der Waals surface area contributed by atoms with Crippen LogP contribution in [0.15, 0.2) is 36.4 Å². The number of esters is 2. The van der Waals surface area contributed by atoms with Gasteiger partial charge in [0.15, 0.2) is 0 Å². The topological polar surface area (TPSA) is 52.6 Å². The Balaban J connectivity index is 0.000000181. The lowest BCUT2D eigenvalue weighted by Crippen LogP contribution is -2.07. The summed E-state index contributed by atoms with van der Waals surface area (Å²) in [6, 6.07) is 6.73. The molecule has 8 heteroatoms. The molecule has 2 fully saturated rings. The highest BCUT2D eigenvalue weighted by atomic mass is 19.1. The quantitative estimate of drug-likeness (QED) is 0.443. The fourth-order valence-corrected chi connectivity index (χ4v) is 3.72. The number of carbonyl (C=O) groups is 2. The Hall–Kier alpha value is -2.90. The molecule has 4 atom stereocenters. The van der Waals surface area contributed by atoms with Gasteiger partial charge in [-0.2, -0.15) is 0 Å². The van der Waals surface area contributed by atoms with Gasteiger partial charge in [0.25, 0.3) is 0 Å². The van der Waals surface area contributed by atoms with E-state index < -0.39 is 23.3 Å². The summed E-state index contributed by atoms with van der Waals surface area (Å²) in [5, 5.41) is 0. The van der Waals surface area contributed by atoms with Crippen molar-refractivity contribution < 1.29 is 36.6 Å². The number of benzene rings is 2. The molecule has 0 radical (unpaired) electrons. The smallest absolute Gasteiger partial charge is 0.309 e. The average Bonchev–Trinajstić information content (AvgIpc) is 3.61. The Morgan fingerprint density at radius 3 is 1.28 bits per heavy atom. The van der Waals surface area contributed by atoms with Crippen molar-refractivity contribution in [2.75, 3.05) is 13.2 Å². The monoisotopic (exact) mass is 452 g/mol. The van der Waals surface area contributed by atoms with Crippen molar-refractivity contribution in [2.24, 2.45) is 11.8 Å². The first-order valence-electron chi connectivity index (χ1n) is 10.5. The second-order valence-corrected chi connectivity index (χ2v) is 7.81. The van der Waals surface area contributed by atoms with Crippen LogP contribution < -0.4 is 0 Å². The maximum atomic E-state index is 12.9. The summed E-state index contributed by atoms with van der Waals surface area (Å²) < 4.78 is 61.4. The molecule has 0 aromatic heterocycles. The van der Waals surface area contributed by atoms with Crippen molar-refractivity contribution in [2.45, 2.75) is 38.5 Å². The Labute approximate surface area is 183 Å². The summed E-state index contributed by atoms with van der Waals surface area (Å²) in [4.78, 5) is 22.7. The van der Waals surface area contributed by atoms with Crippen molar-refractivity contribution in [3.63, 3.8) is 0 Å². The minimum Gasteiger partial charge on any atom is -0.466 e. The number of halogens is 4. The molecule has 2 saturated carbocycles. The van der Waals surface area contributed by atoms with Gasteiger partial charge in [-0.05, 0) is 73.9 Å². The highest BCUT2D eigenvalue weighted by Crippen LogP contribution is 2.49. The highest BCUT2D eigenvalue weighted by Gasteiger charge is 2.46. The summed E-state index contributed by atoms with van der Waals surface area (Å²) in [6.07, 6.45) is 1.23. The molecule has 172 valence electrons. The molecule has 0 spiro atoms. The summed E-state index contributed by atoms with van der Waals surface area (Å²) in [6.45, 7) is 4.13. The van der Waals surface area contributed by atoms with Crippen molar-refractivity contribution in [3.8, 4) is 0 Å². The van der Waals surface area contributed by atoms with E-state index in [2.05, 4.69) is 0 Å². The van der Waals surface area contributed by atoms with E-state index in [0.717, 1.165) is 12.1 Å². The Kier molecular flexibility index (Phi) is 7.53. The van der Waals surface area contributed by atoms with Crippen molar-refractivity contribution in [3.05, 3.63) is 70.8 Å². The predicted octanol–water partition coefficient (Wildman–Crippen LogP) is 5.26. The molecule has 4 unspecified atom stereocenters. The van der Waals surface area contributed by atoms with Gasteiger partial charge in [0.2, 0.25) is 0 Å². The lowest BCUT2D eigenvalue weighted by Gasteiger charge is -2.02. The van der Waals surface area contributed by atoms with E-state index in [4.69, 9.17) is 9.47 Å². The molecule has 4 nitrogen and oxygen atoms in total. The van der Waals surface area contributed by atoms with Crippen molar-refractivity contribution >= 4 is 11.9 Å². The van der Waals surface area contributed by atoms with Crippen LogP contribution in [0.5, 0.6) is 0 Å². The number of ether oxygens (including phenoxy) is 2. The molecule has 2 aliphatic carbocycles. The Bertz CT molecular complexity index is 874. The van der Waals surface area contributed by atoms with Gasteiger partial charge in [-0.15, -0.1) is 0 Å². The second-order valence-electron chi connectivity index (χ2n) is 7.81. The van der Waals surface area contributed by atoms with E-state index in [1.165, 1.54) is 24.3 Å². The molecular weight excluding hydrogens is 428 g/mol. The summed E-state index contributed by atoms with van der Waals surface area (Å²) >= 11 is 0. The fourth-order valence-electron chi connectivity index (χ4n) is 3.72. The number of rotatable bonds is 6. The largest absolute Gasteiger partial charge is 0.466 e. The maximum Gasteiger partial charge on any atom is 0.309 e. The predicted molar refractivity (Wildman–Crippen MR) is 108 cm³/mol. The summed E-state index contributed by atoms with van der Waals surface area (Å²) in [5.41, 5.74) is 1.08. The van der Waals surface area contributed by atoms with E-state index >= 15 is 0 Å². The molecule has 0 aliphatic heterocycles. The van der Waals surface area contributed by atoms with Gasteiger partial charge in [-0.1, -0.05) is 0 Å². The van der Waals surface area contributed by atoms with Gasteiger partial charge in [0, 0.05) is 12.1 Å². The second kappa shape index (κ2) is 10.1. The van der Waals surface area contributed by atoms with Gasteiger partial charge in [0.05, 0.1) is 25.0 Å². The fraction of sp³-hybridized carbons (Fsp3) is 0.417. The van der Waals surface area contributed by atoms with E-state index in [-0.39, 0.29) is 35.6 Å². The molecule has 0 N–H and O–H groups in total. The zero-order valence-electron chi connectivity index (χ0n) is 17.7. The normalized spacial score (nSPS) is 22.9. The zero-order valence-corrected chi connectivity index (χ0v) is 17.7. The molecule has 0 bridgehead atoms. The van der Waals surface area contributed by atoms with Crippen LogP contribution >= 0.6 is 0 Å². The first-order chi connectivity index (χ1) is 15.2. The van der Waals surface area contributed by atoms with Crippen molar-refractivity contribution in [1.29, 1.82) is 0 Å². The van der Waals surface area contributed by atoms with Crippen LogP contribution in [0.4, 0.5) is 17.6 Å². The minimum atomic E-state index is -0.607. The van der Waals surface area contributed by atoms with Gasteiger partial charge >= 0.3 is 11.9 Å². The van der Waals surface area contributed by atoms with Crippen LogP contribution in [-0.4, -0.2) is 25.2 Å². The lowest BCUT2D eigenvalue weighted by atomic mass is 10.1. The van der Waals surface area contributed by atoms with Gasteiger partial charge in [-0.25, -0.2) is 17.6 Å². The third-order valence-corrected chi connectivity index (χ3v) is 5.39. The SMILES string of the molecule is CCOC(=O)C1CC1c1cc(F)cc(F)c1.CCOC(=O)C1CC1c1cc(F)cc(F)c1. The van der Waals surface area contributed by atoms with E-state index in [0.29, 0.717) is 37.2 Å². The van der Waals surface area contributed by atoms with Crippen LogP contribution in [0.3, 0.4) is 0 Å². The molecule has 0 heterocycles. The standard InChI is InChI=1S/2C12H12F2O2/c2*1-2-16-12(15)11-6-10(11)7-3-8(13)5-9(14)4-7/h2*3-5,10-11H,2,6H2,1H3. The molecule has 2 aromatic rings. The van der Waals surface area contributed by atoms with Gasteiger partial charge < -0.3 is 9.47 Å². The first-order valence-corrected chi connectivity index (χ1v) is 10.5. The van der Waals surface area contributed by atoms with Crippen LogP contribution in [0.2, 0.25) is 0 Å². The Morgan fingerprint density at radius 1 is 0.688 bits per heavy atom. The van der Waals surface area contributed by atoms with Gasteiger partial charge in [-0.3, -0.25) is 9.59 Å². The average molecular weight is 452 g/mol. The molecule has 0 amide bonds. The van der Waals surface area contributed by atoms with Crippen LogP contribution in [-0.2, 0) is 19.1 Å². The van der Waals surface area contributed by atoms with Crippen LogP contribution in [0, 0.1) is 35.1 Å². The van der Waals surface area contributed by atoms with Crippen LogP contribution in [0.25, 0.3) is 0 Å². The summed E-state index contributed by atoms with van der Waals surface area (Å²) in [7, 11) is 0. The Morgan fingerprint density at radius 2 is 1.00 bits per heavy atom. The lowest BCUT2D eigenvalue weighted by molar-refractivity contribution is -0.145. The van der Waals surface area contributed by atoms with Gasteiger partial charge in [0.1, 0.15) is 23.3 Å². The molecule has 0 saturated heterocycles. The molecule has 4 rings (SSSR count). The first kappa shape index (κ1) is 23.8. The zero-order chi connectivity index (χ0) is 23.4. The van der Waals surface area contributed by atoms with E-state index in [1.54, 1.807) is 13.8 Å². The van der Waals surface area contributed by atoms with E-state index in [1.807, 2.05) is 0 Å². The van der Waals surface area contributed by atoms with Crippen molar-refractivity contribution in [1.82, 2.24) is 0 Å². The maximum absolute atomic E-state index is 12.9. The third-order valence-electron chi connectivity index (χ3n) is 5.39. The van der Waals surface area contributed by atoms with Crippen LogP contribution in [0.1, 0.15) is 49.7 Å². The summed E-state index contributed by atoms with van der Waals surface area (Å²) in [5.74, 6) is -3.65. The number of carbonyl (C=O) groups excluding carboxylic acids is 2. The molecule has 2 aliphatic rings. The van der Waals surface area contributed by atoms with E-state index in [9.17, 15) is 27.2 Å². The number of hydrogen-bond acceptors (Lipinski definition) is 4.